The van der Waals surface area contributed by atoms with Crippen LogP contribution in [0.4, 0.5) is 0 Å². The average molecular weight is 167 g/mol. The fourth-order valence-electron chi connectivity index (χ4n) is 0.990. The van der Waals surface area contributed by atoms with Crippen LogP contribution in [-0.2, 0) is 0 Å². The third-order valence-electron chi connectivity index (χ3n) is 1.61. The van der Waals surface area contributed by atoms with E-state index in [1.165, 1.54) is 0 Å². The van der Waals surface area contributed by atoms with Gasteiger partial charge >= 0.3 is 0 Å². The summed E-state index contributed by atoms with van der Waals surface area (Å²) in [6.45, 7) is 2.04. The summed E-state index contributed by atoms with van der Waals surface area (Å²) < 4.78 is 0. The first-order chi connectivity index (χ1) is 4.34. The summed E-state index contributed by atoms with van der Waals surface area (Å²) in [5.41, 5.74) is 0. The Balaban J connectivity index is 2.30. The van der Waals surface area contributed by atoms with Gasteiger partial charge in [0.1, 0.15) is 0 Å². The minimum absolute atomic E-state index is 0.295. The molecule has 0 spiro atoms. The highest BCUT2D eigenvalue weighted by molar-refractivity contribution is 7.13. The molecule has 1 saturated heterocycles. The Morgan fingerprint density at radius 3 is 2.89 bits per heavy atom. The van der Waals surface area contributed by atoms with Crippen molar-refractivity contribution in [1.29, 1.82) is 0 Å². The van der Waals surface area contributed by atoms with Gasteiger partial charge in [-0.15, -0.1) is 11.6 Å². The molecular formula is C5H12ClN2P. The number of piperidine rings is 1. The molecule has 54 valence electrons. The molecule has 4 heteroatoms. The lowest BCUT2D eigenvalue weighted by Crippen LogP contribution is -2.46. The number of halogens is 1. The standard InChI is InChI=1S/C5H12ClN2P/c6-4-1-2-7-3-5(4)8-9/h4-5,7-8H,1-3,9H2. The quantitative estimate of drug-likeness (QED) is 0.434. The number of rotatable bonds is 1. The zero-order chi connectivity index (χ0) is 6.69. The molecule has 1 heterocycles. The van der Waals surface area contributed by atoms with Crippen molar-refractivity contribution in [1.82, 2.24) is 10.4 Å². The summed E-state index contributed by atoms with van der Waals surface area (Å²) in [6.07, 6.45) is 1.06. The van der Waals surface area contributed by atoms with Gasteiger partial charge in [-0.25, -0.2) is 0 Å². The van der Waals surface area contributed by atoms with E-state index in [-0.39, 0.29) is 0 Å². The Morgan fingerprint density at radius 1 is 1.67 bits per heavy atom. The maximum absolute atomic E-state index is 5.97. The number of nitrogens with one attached hydrogen (secondary N) is 2. The van der Waals surface area contributed by atoms with Crippen molar-refractivity contribution in [3.63, 3.8) is 0 Å². The molecule has 3 unspecified atom stereocenters. The second-order valence-electron chi connectivity index (χ2n) is 2.28. The molecular weight excluding hydrogens is 154 g/mol. The molecule has 0 aromatic carbocycles. The van der Waals surface area contributed by atoms with Gasteiger partial charge < -0.3 is 5.32 Å². The van der Waals surface area contributed by atoms with E-state index in [0.717, 1.165) is 19.5 Å². The van der Waals surface area contributed by atoms with Crippen molar-refractivity contribution in [3.8, 4) is 0 Å². The van der Waals surface area contributed by atoms with Gasteiger partial charge in [-0.2, -0.15) is 0 Å². The fourth-order valence-corrected chi connectivity index (χ4v) is 1.73. The van der Waals surface area contributed by atoms with Crippen molar-refractivity contribution in [2.24, 2.45) is 0 Å². The van der Waals surface area contributed by atoms with Crippen molar-refractivity contribution < 1.29 is 0 Å². The Morgan fingerprint density at radius 2 is 2.44 bits per heavy atom. The minimum atomic E-state index is 0.295. The number of hydrogen-bond donors (Lipinski definition) is 2. The molecule has 1 fully saturated rings. The van der Waals surface area contributed by atoms with Crippen LogP contribution >= 0.6 is 21.0 Å². The van der Waals surface area contributed by atoms with Crippen molar-refractivity contribution in [3.05, 3.63) is 0 Å². The zero-order valence-corrected chi connectivity index (χ0v) is 7.14. The first-order valence-electron chi connectivity index (χ1n) is 3.15. The molecule has 9 heavy (non-hydrogen) atoms. The van der Waals surface area contributed by atoms with E-state index in [2.05, 4.69) is 19.8 Å². The maximum atomic E-state index is 5.97. The maximum Gasteiger partial charge on any atom is 0.0516 e. The smallest absolute Gasteiger partial charge is 0.0516 e. The highest BCUT2D eigenvalue weighted by atomic mass is 35.5. The average Bonchev–Trinajstić information content (AvgIpc) is 1.89. The summed E-state index contributed by atoms with van der Waals surface area (Å²) in [7, 11) is 2.50. The molecule has 2 nitrogen and oxygen atoms in total. The Labute approximate surface area is 63.0 Å². The van der Waals surface area contributed by atoms with E-state index in [1.807, 2.05) is 0 Å². The molecule has 1 aliphatic heterocycles. The van der Waals surface area contributed by atoms with Crippen LogP contribution in [0.15, 0.2) is 0 Å². The molecule has 0 amide bonds. The SMILES string of the molecule is PNC1CNCCC1Cl. The van der Waals surface area contributed by atoms with Crippen LogP contribution in [-0.4, -0.2) is 24.5 Å². The van der Waals surface area contributed by atoms with Gasteiger partial charge in [0, 0.05) is 12.6 Å². The molecule has 3 atom stereocenters. The van der Waals surface area contributed by atoms with Gasteiger partial charge in [-0.05, 0) is 13.0 Å². The first kappa shape index (κ1) is 7.74. The molecule has 0 radical (unpaired) electrons. The third kappa shape index (κ3) is 2.05. The van der Waals surface area contributed by atoms with Gasteiger partial charge in [0.15, 0.2) is 0 Å². The van der Waals surface area contributed by atoms with Crippen LogP contribution in [0.2, 0.25) is 0 Å². The monoisotopic (exact) mass is 166 g/mol. The highest BCUT2D eigenvalue weighted by Gasteiger charge is 2.20. The van der Waals surface area contributed by atoms with Gasteiger partial charge in [0.05, 0.1) is 5.38 Å². The van der Waals surface area contributed by atoms with Gasteiger partial charge in [0.2, 0.25) is 0 Å². The number of hydrogen-bond acceptors (Lipinski definition) is 2. The Hall–Kier alpha value is 0.640. The van der Waals surface area contributed by atoms with Crippen LogP contribution in [0, 0.1) is 0 Å². The molecule has 0 aliphatic carbocycles. The molecule has 0 aromatic heterocycles. The lowest BCUT2D eigenvalue weighted by atomic mass is 10.1. The molecule has 2 N–H and O–H groups in total. The van der Waals surface area contributed by atoms with Crippen molar-refractivity contribution in [2.45, 2.75) is 17.8 Å². The topological polar surface area (TPSA) is 24.1 Å². The van der Waals surface area contributed by atoms with Crippen molar-refractivity contribution >= 4 is 21.0 Å². The van der Waals surface area contributed by atoms with Gasteiger partial charge in [0.25, 0.3) is 0 Å². The largest absolute Gasteiger partial charge is 0.315 e. The van der Waals surface area contributed by atoms with Crippen LogP contribution < -0.4 is 10.4 Å². The lowest BCUT2D eigenvalue weighted by molar-refractivity contribution is 0.447. The second kappa shape index (κ2) is 3.72. The summed E-state index contributed by atoms with van der Waals surface area (Å²) >= 11 is 5.97. The Bertz CT molecular complexity index is 91.0. The highest BCUT2D eigenvalue weighted by Crippen LogP contribution is 2.11. The first-order valence-corrected chi connectivity index (χ1v) is 4.17. The van der Waals surface area contributed by atoms with E-state index < -0.39 is 0 Å². The molecule has 0 bridgehead atoms. The summed E-state index contributed by atoms with van der Waals surface area (Å²) in [4.78, 5) is 0. The molecule has 1 aliphatic rings. The summed E-state index contributed by atoms with van der Waals surface area (Å²) in [5, 5.41) is 6.63. The summed E-state index contributed by atoms with van der Waals surface area (Å²) in [5.74, 6) is 0. The second-order valence-corrected chi connectivity index (χ2v) is 3.18. The third-order valence-corrected chi connectivity index (χ3v) is 2.56. The minimum Gasteiger partial charge on any atom is -0.315 e. The predicted molar refractivity (Wildman–Crippen MR) is 43.8 cm³/mol. The normalized spacial score (nSPS) is 36.7. The fraction of sp³-hybridized carbons (Fsp3) is 1.00. The summed E-state index contributed by atoms with van der Waals surface area (Å²) in [6, 6.07) is 0.422. The van der Waals surface area contributed by atoms with Gasteiger partial charge in [-0.3, -0.25) is 5.09 Å². The Kier molecular flexibility index (Phi) is 3.20. The van der Waals surface area contributed by atoms with E-state index >= 15 is 0 Å². The van der Waals surface area contributed by atoms with Gasteiger partial charge in [-0.1, -0.05) is 9.39 Å². The van der Waals surface area contributed by atoms with E-state index in [4.69, 9.17) is 11.6 Å². The predicted octanol–water partition coefficient (Wildman–Crippen LogP) is 0.335. The number of alkyl halides is 1. The van der Waals surface area contributed by atoms with E-state index in [1.54, 1.807) is 0 Å². The molecule has 0 aromatic rings. The van der Waals surface area contributed by atoms with Crippen molar-refractivity contribution in [2.75, 3.05) is 13.1 Å². The molecule has 1 rings (SSSR count). The molecule has 0 saturated carbocycles. The van der Waals surface area contributed by atoms with E-state index in [9.17, 15) is 0 Å². The zero-order valence-electron chi connectivity index (χ0n) is 5.23. The van der Waals surface area contributed by atoms with Crippen LogP contribution in [0.3, 0.4) is 0 Å². The van der Waals surface area contributed by atoms with Crippen LogP contribution in [0.5, 0.6) is 0 Å². The van der Waals surface area contributed by atoms with E-state index in [0.29, 0.717) is 11.4 Å². The van der Waals surface area contributed by atoms with Crippen LogP contribution in [0.1, 0.15) is 6.42 Å². The van der Waals surface area contributed by atoms with Crippen LogP contribution in [0.25, 0.3) is 0 Å². The lowest BCUT2D eigenvalue weighted by Gasteiger charge is -2.26.